The standard InChI is InChI=1S/C24H30O6/c1-6-11-30-24-22-15(12-21(28-4)23(24)29-5)7-8-16(14-26-2)18-13-19(25)20(27-3)10-9-17(18)22/h9-10,12-13,16H,6-8,11,14H2,1-5H3. The fourth-order valence-corrected chi connectivity index (χ4v) is 4.07. The maximum absolute atomic E-state index is 12.7. The molecule has 0 saturated heterocycles. The monoisotopic (exact) mass is 414 g/mol. The summed E-state index contributed by atoms with van der Waals surface area (Å²) in [5, 5.41) is 0. The van der Waals surface area contributed by atoms with Gasteiger partial charge in [-0.25, -0.2) is 0 Å². The Hall–Kier alpha value is -2.73. The molecule has 3 rings (SSSR count). The summed E-state index contributed by atoms with van der Waals surface area (Å²) in [7, 11) is 6.42. The Morgan fingerprint density at radius 2 is 1.73 bits per heavy atom. The van der Waals surface area contributed by atoms with Crippen molar-refractivity contribution >= 4 is 0 Å². The van der Waals surface area contributed by atoms with E-state index in [1.54, 1.807) is 33.5 Å². The minimum Gasteiger partial charge on any atom is -0.493 e. The molecule has 0 spiro atoms. The number of benzene rings is 1. The summed E-state index contributed by atoms with van der Waals surface area (Å²) in [5.74, 6) is 2.21. The maximum atomic E-state index is 12.7. The topological polar surface area (TPSA) is 63.2 Å². The summed E-state index contributed by atoms with van der Waals surface area (Å²) >= 11 is 0. The molecule has 1 unspecified atom stereocenters. The molecule has 6 heteroatoms. The molecule has 6 nitrogen and oxygen atoms in total. The molecule has 0 aromatic heterocycles. The molecule has 162 valence electrons. The molecule has 0 heterocycles. The zero-order chi connectivity index (χ0) is 21.7. The van der Waals surface area contributed by atoms with Crippen LogP contribution in [0.4, 0.5) is 0 Å². The molecule has 0 saturated carbocycles. The van der Waals surface area contributed by atoms with Crippen LogP contribution in [0.3, 0.4) is 0 Å². The summed E-state index contributed by atoms with van der Waals surface area (Å²) < 4.78 is 28.3. The fourth-order valence-electron chi connectivity index (χ4n) is 4.07. The highest BCUT2D eigenvalue weighted by Crippen LogP contribution is 2.50. The molecule has 2 aromatic carbocycles. The zero-order valence-electron chi connectivity index (χ0n) is 18.4. The van der Waals surface area contributed by atoms with Crippen LogP contribution < -0.4 is 24.4 Å². The van der Waals surface area contributed by atoms with Gasteiger partial charge in [-0.3, -0.25) is 4.79 Å². The van der Waals surface area contributed by atoms with Crippen molar-refractivity contribution in [2.24, 2.45) is 0 Å². The third kappa shape index (κ3) is 4.10. The Balaban J connectivity index is 2.39. The average molecular weight is 414 g/mol. The van der Waals surface area contributed by atoms with E-state index < -0.39 is 0 Å². The van der Waals surface area contributed by atoms with E-state index in [4.69, 9.17) is 23.7 Å². The lowest BCUT2D eigenvalue weighted by Crippen LogP contribution is -2.09. The van der Waals surface area contributed by atoms with Crippen LogP contribution in [-0.4, -0.2) is 41.7 Å². The first-order valence-corrected chi connectivity index (χ1v) is 10.2. The molecular formula is C24H30O6. The Morgan fingerprint density at radius 3 is 2.37 bits per heavy atom. The van der Waals surface area contributed by atoms with Crippen LogP contribution in [0.25, 0.3) is 11.1 Å². The predicted octanol–water partition coefficient (Wildman–Crippen LogP) is 4.20. The van der Waals surface area contributed by atoms with E-state index in [0.717, 1.165) is 41.5 Å². The summed E-state index contributed by atoms with van der Waals surface area (Å²) in [4.78, 5) is 12.7. The fraction of sp³-hybridized carbons (Fsp3) is 0.458. The van der Waals surface area contributed by atoms with E-state index >= 15 is 0 Å². The molecule has 0 radical (unpaired) electrons. The molecule has 0 fully saturated rings. The quantitative estimate of drug-likeness (QED) is 0.645. The van der Waals surface area contributed by atoms with Crippen LogP contribution >= 0.6 is 0 Å². The largest absolute Gasteiger partial charge is 0.493 e. The molecule has 1 aliphatic carbocycles. The smallest absolute Gasteiger partial charge is 0.220 e. The van der Waals surface area contributed by atoms with Gasteiger partial charge in [0.2, 0.25) is 11.2 Å². The van der Waals surface area contributed by atoms with E-state index in [-0.39, 0.29) is 11.3 Å². The van der Waals surface area contributed by atoms with Crippen molar-refractivity contribution in [1.29, 1.82) is 0 Å². The normalized spacial score (nSPS) is 14.9. The van der Waals surface area contributed by atoms with E-state index in [1.807, 2.05) is 12.1 Å². The SMILES string of the molecule is CCCOc1c(OC)c(OC)cc2c1-c1ccc(OC)c(=O)cc1C(COC)CC2. The van der Waals surface area contributed by atoms with Gasteiger partial charge >= 0.3 is 0 Å². The maximum Gasteiger partial charge on any atom is 0.220 e. The van der Waals surface area contributed by atoms with Crippen molar-refractivity contribution in [3.63, 3.8) is 0 Å². The molecule has 30 heavy (non-hydrogen) atoms. The summed E-state index contributed by atoms with van der Waals surface area (Å²) in [5.41, 5.74) is 3.73. The second-order valence-corrected chi connectivity index (χ2v) is 7.29. The highest BCUT2D eigenvalue weighted by Gasteiger charge is 2.29. The molecule has 2 aromatic rings. The second-order valence-electron chi connectivity index (χ2n) is 7.29. The van der Waals surface area contributed by atoms with Gasteiger partial charge in [0.25, 0.3) is 0 Å². The zero-order valence-corrected chi connectivity index (χ0v) is 18.4. The Kier molecular flexibility index (Phi) is 7.21. The van der Waals surface area contributed by atoms with Crippen LogP contribution in [0.5, 0.6) is 23.0 Å². The highest BCUT2D eigenvalue weighted by molar-refractivity contribution is 5.82. The van der Waals surface area contributed by atoms with Crippen molar-refractivity contribution in [1.82, 2.24) is 0 Å². The van der Waals surface area contributed by atoms with Crippen molar-refractivity contribution in [3.05, 3.63) is 45.6 Å². The Morgan fingerprint density at radius 1 is 0.967 bits per heavy atom. The number of hydrogen-bond acceptors (Lipinski definition) is 6. The minimum absolute atomic E-state index is 0.0678. The molecule has 1 aliphatic rings. The summed E-state index contributed by atoms with van der Waals surface area (Å²) in [6.07, 6.45) is 2.49. The lowest BCUT2D eigenvalue weighted by Gasteiger charge is -2.20. The minimum atomic E-state index is -0.153. The Bertz CT molecular complexity index is 953. The number of aryl methyl sites for hydroxylation is 1. The number of ether oxygens (including phenoxy) is 5. The second kappa shape index (κ2) is 9.85. The number of rotatable bonds is 8. The third-order valence-corrected chi connectivity index (χ3v) is 5.46. The van der Waals surface area contributed by atoms with Gasteiger partial charge in [-0.2, -0.15) is 0 Å². The van der Waals surface area contributed by atoms with Gasteiger partial charge in [-0.05, 0) is 54.2 Å². The number of hydrogen-bond donors (Lipinski definition) is 0. The number of methoxy groups -OCH3 is 4. The van der Waals surface area contributed by atoms with Crippen molar-refractivity contribution in [2.75, 3.05) is 41.7 Å². The van der Waals surface area contributed by atoms with E-state index in [9.17, 15) is 4.79 Å². The van der Waals surface area contributed by atoms with Crippen LogP contribution in [0.2, 0.25) is 0 Å². The third-order valence-electron chi connectivity index (χ3n) is 5.46. The van der Waals surface area contributed by atoms with Gasteiger partial charge in [0.15, 0.2) is 17.2 Å². The molecule has 0 bridgehead atoms. The van der Waals surface area contributed by atoms with Crippen molar-refractivity contribution < 1.29 is 23.7 Å². The first-order chi connectivity index (χ1) is 14.6. The van der Waals surface area contributed by atoms with Crippen LogP contribution in [-0.2, 0) is 11.2 Å². The van der Waals surface area contributed by atoms with Crippen LogP contribution in [0, 0.1) is 0 Å². The molecule has 0 aliphatic heterocycles. The van der Waals surface area contributed by atoms with Gasteiger partial charge in [0.1, 0.15) is 0 Å². The highest BCUT2D eigenvalue weighted by atomic mass is 16.5. The molecular weight excluding hydrogens is 384 g/mol. The average Bonchev–Trinajstić information content (AvgIpc) is 3.00. The molecule has 0 amide bonds. The van der Waals surface area contributed by atoms with Crippen LogP contribution in [0.15, 0.2) is 29.1 Å². The van der Waals surface area contributed by atoms with Gasteiger partial charge in [-0.1, -0.05) is 13.0 Å². The van der Waals surface area contributed by atoms with E-state index in [2.05, 4.69) is 6.92 Å². The molecule has 1 atom stereocenters. The number of fused-ring (bicyclic) bond motifs is 3. The van der Waals surface area contributed by atoms with Crippen molar-refractivity contribution in [3.8, 4) is 34.1 Å². The van der Waals surface area contributed by atoms with Crippen LogP contribution in [0.1, 0.15) is 36.8 Å². The van der Waals surface area contributed by atoms with Crippen molar-refractivity contribution in [2.45, 2.75) is 32.1 Å². The Labute approximate surface area is 177 Å². The lowest BCUT2D eigenvalue weighted by atomic mass is 9.93. The van der Waals surface area contributed by atoms with Gasteiger partial charge < -0.3 is 23.7 Å². The lowest BCUT2D eigenvalue weighted by molar-refractivity contribution is 0.176. The summed E-state index contributed by atoms with van der Waals surface area (Å²) in [6, 6.07) is 7.34. The van der Waals surface area contributed by atoms with Gasteiger partial charge in [-0.15, -0.1) is 0 Å². The molecule has 0 N–H and O–H groups in total. The predicted molar refractivity (Wildman–Crippen MR) is 117 cm³/mol. The van der Waals surface area contributed by atoms with Gasteiger partial charge in [0.05, 0.1) is 34.5 Å². The first-order valence-electron chi connectivity index (χ1n) is 10.2. The van der Waals surface area contributed by atoms with E-state index in [1.165, 1.54) is 7.11 Å². The summed E-state index contributed by atoms with van der Waals surface area (Å²) in [6.45, 7) is 3.12. The first kappa shape index (κ1) is 22.0. The van der Waals surface area contributed by atoms with E-state index in [0.29, 0.717) is 36.2 Å². The van der Waals surface area contributed by atoms with Gasteiger partial charge in [0, 0.05) is 18.6 Å².